The summed E-state index contributed by atoms with van der Waals surface area (Å²) >= 11 is 1.44. The van der Waals surface area contributed by atoms with E-state index in [9.17, 15) is 4.79 Å². The molecule has 180 valence electrons. The van der Waals surface area contributed by atoms with Gasteiger partial charge in [-0.2, -0.15) is 0 Å². The number of piperidine rings is 1. The van der Waals surface area contributed by atoms with Crippen LogP contribution in [0.25, 0.3) is 21.5 Å². The van der Waals surface area contributed by atoms with Crippen LogP contribution >= 0.6 is 11.3 Å². The molecule has 0 unspecified atom stereocenters. The minimum atomic E-state index is -0.468. The number of hydrogen-bond acceptors (Lipinski definition) is 8. The molecule has 0 aliphatic carbocycles. The molecular formula is C25H25FN6O2S. The highest BCUT2D eigenvalue weighted by molar-refractivity contribution is 7.14. The Morgan fingerprint density at radius 2 is 2.09 bits per heavy atom. The number of methoxy groups -OCH3 is 1. The predicted molar refractivity (Wildman–Crippen MR) is 134 cm³/mol. The normalized spacial score (nSPS) is 15.8. The average molecular weight is 493 g/mol. The summed E-state index contributed by atoms with van der Waals surface area (Å²) in [6.45, 7) is 5.27. The lowest BCUT2D eigenvalue weighted by Crippen LogP contribution is -2.49. The van der Waals surface area contributed by atoms with Gasteiger partial charge in [0, 0.05) is 29.7 Å². The highest BCUT2D eigenvalue weighted by Crippen LogP contribution is 2.36. The first-order chi connectivity index (χ1) is 17.0. The van der Waals surface area contributed by atoms with Crippen LogP contribution in [0.4, 0.5) is 10.2 Å². The number of fused-ring (bicyclic) bond motifs is 1. The van der Waals surface area contributed by atoms with E-state index in [0.717, 1.165) is 30.0 Å². The van der Waals surface area contributed by atoms with Crippen molar-refractivity contribution >= 4 is 33.8 Å². The number of pyridine rings is 2. The predicted octanol–water partition coefficient (Wildman–Crippen LogP) is 4.31. The van der Waals surface area contributed by atoms with Gasteiger partial charge in [0.25, 0.3) is 5.91 Å². The molecule has 0 spiro atoms. The number of aromatic nitrogens is 4. The summed E-state index contributed by atoms with van der Waals surface area (Å²) in [5, 5.41) is 14.0. The summed E-state index contributed by atoms with van der Waals surface area (Å²) < 4.78 is 20.4. The van der Waals surface area contributed by atoms with E-state index in [1.165, 1.54) is 24.6 Å². The SMILES string of the molecule is COc1cc(C)c2c(N(C(=O)c3ccc(-c4nnc(C)s4)nc3)[C@@H]3CCCNC3)nccc2c1F. The maximum Gasteiger partial charge on any atom is 0.261 e. The van der Waals surface area contributed by atoms with Crippen LogP contribution in [0.2, 0.25) is 0 Å². The number of rotatable bonds is 5. The molecule has 1 aliphatic heterocycles. The Balaban J connectivity index is 1.60. The largest absolute Gasteiger partial charge is 0.494 e. The zero-order valence-corrected chi connectivity index (χ0v) is 20.5. The van der Waals surface area contributed by atoms with Crippen LogP contribution in [-0.4, -0.2) is 52.3 Å². The number of halogens is 1. The van der Waals surface area contributed by atoms with E-state index in [-0.39, 0.29) is 17.7 Å². The first kappa shape index (κ1) is 23.3. The topological polar surface area (TPSA) is 93.1 Å². The van der Waals surface area contributed by atoms with E-state index in [4.69, 9.17) is 4.74 Å². The van der Waals surface area contributed by atoms with E-state index in [1.807, 2.05) is 13.8 Å². The van der Waals surface area contributed by atoms with Crippen LogP contribution in [0.5, 0.6) is 5.75 Å². The fraction of sp³-hybridized carbons (Fsp3) is 0.320. The number of nitrogens with one attached hydrogen (secondary N) is 1. The third-order valence-corrected chi connectivity index (χ3v) is 7.05. The molecule has 8 nitrogen and oxygen atoms in total. The number of hydrogen-bond donors (Lipinski definition) is 1. The van der Waals surface area contributed by atoms with Gasteiger partial charge in [0.15, 0.2) is 16.6 Å². The molecule has 4 heterocycles. The molecule has 0 radical (unpaired) electrons. The van der Waals surface area contributed by atoms with Gasteiger partial charge in [0.2, 0.25) is 0 Å². The number of nitrogens with zero attached hydrogens (tertiary/aromatic N) is 5. The number of benzene rings is 1. The second-order valence-corrected chi connectivity index (χ2v) is 9.68. The van der Waals surface area contributed by atoms with Crippen molar-refractivity contribution in [3.8, 4) is 16.5 Å². The third kappa shape index (κ3) is 4.35. The molecule has 0 bridgehead atoms. The van der Waals surface area contributed by atoms with Gasteiger partial charge < -0.3 is 10.1 Å². The maximum absolute atomic E-state index is 15.2. The van der Waals surface area contributed by atoms with Gasteiger partial charge in [0.05, 0.1) is 18.7 Å². The fourth-order valence-electron chi connectivity index (χ4n) is 4.49. The van der Waals surface area contributed by atoms with E-state index in [0.29, 0.717) is 39.4 Å². The van der Waals surface area contributed by atoms with E-state index in [2.05, 4.69) is 25.5 Å². The van der Waals surface area contributed by atoms with Crippen molar-refractivity contribution in [3.05, 3.63) is 58.6 Å². The summed E-state index contributed by atoms with van der Waals surface area (Å²) in [5.74, 6) is -0.105. The van der Waals surface area contributed by atoms with Crippen molar-refractivity contribution in [1.82, 2.24) is 25.5 Å². The Bertz CT molecular complexity index is 1380. The second kappa shape index (κ2) is 9.63. The summed E-state index contributed by atoms with van der Waals surface area (Å²) in [7, 11) is 1.44. The number of ether oxygens (including phenoxy) is 1. The number of carbonyl (C=O) groups excluding carboxylic acids is 1. The van der Waals surface area contributed by atoms with Gasteiger partial charge in [-0.05, 0) is 63.1 Å². The monoisotopic (exact) mass is 492 g/mol. The Kier molecular flexibility index (Phi) is 6.40. The Hall–Kier alpha value is -3.50. The Morgan fingerprint density at radius 1 is 1.23 bits per heavy atom. The first-order valence-electron chi connectivity index (χ1n) is 11.4. The molecule has 1 aliphatic rings. The quantitative estimate of drug-likeness (QED) is 0.444. The zero-order valence-electron chi connectivity index (χ0n) is 19.7. The smallest absolute Gasteiger partial charge is 0.261 e. The molecule has 1 amide bonds. The molecule has 35 heavy (non-hydrogen) atoms. The van der Waals surface area contributed by atoms with Gasteiger partial charge >= 0.3 is 0 Å². The first-order valence-corrected chi connectivity index (χ1v) is 12.2. The summed E-state index contributed by atoms with van der Waals surface area (Å²) in [6.07, 6.45) is 4.83. The van der Waals surface area contributed by atoms with Crippen molar-refractivity contribution in [1.29, 1.82) is 0 Å². The lowest BCUT2D eigenvalue weighted by atomic mass is 10.0. The molecule has 4 aromatic rings. The molecular weight excluding hydrogens is 467 g/mol. The van der Waals surface area contributed by atoms with Crippen LogP contribution in [0.15, 0.2) is 36.7 Å². The number of aryl methyl sites for hydroxylation is 2. The Labute approximate surface area is 206 Å². The van der Waals surface area contributed by atoms with Crippen molar-refractivity contribution < 1.29 is 13.9 Å². The number of amides is 1. The van der Waals surface area contributed by atoms with Gasteiger partial charge in [-0.25, -0.2) is 9.37 Å². The minimum absolute atomic E-state index is 0.135. The molecule has 1 N–H and O–H groups in total. The van der Waals surface area contributed by atoms with E-state index in [1.54, 1.807) is 35.4 Å². The van der Waals surface area contributed by atoms with Crippen molar-refractivity contribution in [2.24, 2.45) is 0 Å². The van der Waals surface area contributed by atoms with E-state index >= 15 is 4.39 Å². The van der Waals surface area contributed by atoms with Crippen LogP contribution in [-0.2, 0) is 0 Å². The molecule has 10 heteroatoms. The maximum atomic E-state index is 15.2. The molecule has 5 rings (SSSR count). The molecule has 1 aromatic carbocycles. The van der Waals surface area contributed by atoms with Crippen LogP contribution < -0.4 is 15.0 Å². The van der Waals surface area contributed by atoms with Crippen molar-refractivity contribution in [3.63, 3.8) is 0 Å². The third-order valence-electron chi connectivity index (χ3n) is 6.18. The molecule has 1 saturated heterocycles. The van der Waals surface area contributed by atoms with Crippen LogP contribution in [0.1, 0.15) is 33.8 Å². The molecule has 1 fully saturated rings. The van der Waals surface area contributed by atoms with E-state index < -0.39 is 5.82 Å². The summed E-state index contributed by atoms with van der Waals surface area (Å²) in [4.78, 5) is 24.7. The summed E-state index contributed by atoms with van der Waals surface area (Å²) in [6, 6.07) is 6.64. The zero-order chi connectivity index (χ0) is 24.5. The lowest BCUT2D eigenvalue weighted by Gasteiger charge is -2.35. The van der Waals surface area contributed by atoms with Gasteiger partial charge in [-0.1, -0.05) is 11.3 Å². The van der Waals surface area contributed by atoms with Crippen LogP contribution in [0, 0.1) is 19.7 Å². The summed E-state index contributed by atoms with van der Waals surface area (Å²) in [5.41, 5.74) is 1.86. The lowest BCUT2D eigenvalue weighted by molar-refractivity contribution is 0.0971. The standard InChI is InChI=1S/C25H25FN6O2S/c1-14-11-20(34-3)22(26)18-8-10-28-23(21(14)18)32(17-5-4-9-27-13-17)25(33)16-6-7-19(29-12-16)24-31-30-15(2)35-24/h6-8,10-12,17,27H,4-5,9,13H2,1-3H3/t17-/m1/s1. The minimum Gasteiger partial charge on any atom is -0.494 e. The molecule has 0 saturated carbocycles. The highest BCUT2D eigenvalue weighted by Gasteiger charge is 2.31. The van der Waals surface area contributed by atoms with Crippen LogP contribution in [0.3, 0.4) is 0 Å². The highest BCUT2D eigenvalue weighted by atomic mass is 32.1. The van der Waals surface area contributed by atoms with Gasteiger partial charge in [-0.3, -0.25) is 14.7 Å². The van der Waals surface area contributed by atoms with Gasteiger partial charge in [0.1, 0.15) is 16.5 Å². The fourth-order valence-corrected chi connectivity index (χ4v) is 5.16. The van der Waals surface area contributed by atoms with Crippen molar-refractivity contribution in [2.45, 2.75) is 32.7 Å². The van der Waals surface area contributed by atoms with Gasteiger partial charge in [-0.15, -0.1) is 10.2 Å². The second-order valence-electron chi connectivity index (χ2n) is 8.50. The number of carbonyl (C=O) groups is 1. The number of anilines is 1. The average Bonchev–Trinajstić information content (AvgIpc) is 3.33. The Morgan fingerprint density at radius 3 is 2.74 bits per heavy atom. The molecule has 1 atom stereocenters. The van der Waals surface area contributed by atoms with Crippen molar-refractivity contribution in [2.75, 3.05) is 25.1 Å². The molecule has 3 aromatic heterocycles.